The summed E-state index contributed by atoms with van der Waals surface area (Å²) in [7, 11) is 0. The third-order valence-electron chi connectivity index (χ3n) is 5.36. The van der Waals surface area contributed by atoms with Crippen molar-refractivity contribution in [3.63, 3.8) is 0 Å². The fourth-order valence-corrected chi connectivity index (χ4v) is 3.65. The third kappa shape index (κ3) is 6.07. The second-order valence-corrected chi connectivity index (χ2v) is 7.26. The van der Waals surface area contributed by atoms with Crippen molar-refractivity contribution in [3.8, 4) is 0 Å². The Morgan fingerprint density at radius 1 is 1.11 bits per heavy atom. The van der Waals surface area contributed by atoms with Gasteiger partial charge in [0.1, 0.15) is 0 Å². The molecule has 144 valence electrons. The topological polar surface area (TPSA) is 65.5 Å². The lowest BCUT2D eigenvalue weighted by Crippen LogP contribution is -2.46. The highest BCUT2D eigenvalue weighted by Gasteiger charge is 2.27. The number of aromatic nitrogens is 1. The standard InChI is InChI=1S/C22H29N3O2/c26-21(9-8-18-5-2-1-3-6-18)20-11-15-25(16-12-20)22(27)24-14-10-19-7-4-13-23-17-19/h1-7,13,17,20-21,26H,8-12,14-16H2,(H,24,27)/t21-/m0/s1. The van der Waals surface area contributed by atoms with Crippen LogP contribution in [0.5, 0.6) is 0 Å². The van der Waals surface area contributed by atoms with E-state index in [1.165, 1.54) is 5.56 Å². The largest absolute Gasteiger partial charge is 0.393 e. The fourth-order valence-electron chi connectivity index (χ4n) is 3.65. The summed E-state index contributed by atoms with van der Waals surface area (Å²) in [4.78, 5) is 18.3. The van der Waals surface area contributed by atoms with E-state index in [0.717, 1.165) is 37.7 Å². The molecule has 1 fully saturated rings. The number of piperidine rings is 1. The summed E-state index contributed by atoms with van der Waals surface area (Å²) in [5.41, 5.74) is 2.39. The first-order chi connectivity index (χ1) is 13.2. The monoisotopic (exact) mass is 367 g/mol. The Balaban J connectivity index is 1.34. The van der Waals surface area contributed by atoms with Crippen LogP contribution in [-0.2, 0) is 12.8 Å². The van der Waals surface area contributed by atoms with Crippen LogP contribution in [0.4, 0.5) is 4.79 Å². The molecule has 1 aromatic carbocycles. The van der Waals surface area contributed by atoms with E-state index in [2.05, 4.69) is 22.4 Å². The zero-order valence-corrected chi connectivity index (χ0v) is 15.8. The second-order valence-electron chi connectivity index (χ2n) is 7.26. The fraction of sp³-hybridized carbons (Fsp3) is 0.455. The molecule has 0 bridgehead atoms. The summed E-state index contributed by atoms with van der Waals surface area (Å²) in [6, 6.07) is 14.2. The molecule has 2 aromatic rings. The lowest BCUT2D eigenvalue weighted by atomic mass is 9.88. The molecule has 5 heteroatoms. The summed E-state index contributed by atoms with van der Waals surface area (Å²) >= 11 is 0. The number of nitrogens with one attached hydrogen (secondary N) is 1. The maximum absolute atomic E-state index is 12.3. The van der Waals surface area contributed by atoms with Crippen LogP contribution in [0.25, 0.3) is 0 Å². The van der Waals surface area contributed by atoms with Gasteiger partial charge in [-0.05, 0) is 55.2 Å². The van der Waals surface area contributed by atoms with Crippen LogP contribution in [0, 0.1) is 5.92 Å². The van der Waals surface area contributed by atoms with Crippen LogP contribution in [0.15, 0.2) is 54.9 Å². The summed E-state index contributed by atoms with van der Waals surface area (Å²) in [6.07, 6.45) is 7.49. The third-order valence-corrected chi connectivity index (χ3v) is 5.36. The van der Waals surface area contributed by atoms with E-state index >= 15 is 0 Å². The van der Waals surface area contributed by atoms with Crippen molar-refractivity contribution < 1.29 is 9.90 Å². The van der Waals surface area contributed by atoms with E-state index in [1.54, 1.807) is 6.20 Å². The Hall–Kier alpha value is -2.40. The lowest BCUT2D eigenvalue weighted by Gasteiger charge is -2.34. The number of benzene rings is 1. The Bertz CT molecular complexity index is 685. The van der Waals surface area contributed by atoms with Crippen LogP contribution < -0.4 is 5.32 Å². The molecule has 3 rings (SSSR count). The number of aryl methyl sites for hydroxylation is 1. The second kappa shape index (κ2) is 10.1. The van der Waals surface area contributed by atoms with Crippen molar-refractivity contribution in [1.82, 2.24) is 15.2 Å². The molecule has 1 atom stereocenters. The molecule has 0 radical (unpaired) electrons. The summed E-state index contributed by atoms with van der Waals surface area (Å²) in [5.74, 6) is 0.285. The number of amides is 2. The van der Waals surface area contributed by atoms with Gasteiger partial charge in [0.25, 0.3) is 0 Å². The minimum Gasteiger partial charge on any atom is -0.393 e. The molecule has 1 saturated heterocycles. The summed E-state index contributed by atoms with van der Waals surface area (Å²) in [5, 5.41) is 13.5. The molecule has 2 amide bonds. The van der Waals surface area contributed by atoms with Crippen molar-refractivity contribution in [3.05, 3.63) is 66.0 Å². The molecular formula is C22H29N3O2. The van der Waals surface area contributed by atoms with Crippen LogP contribution in [0.3, 0.4) is 0 Å². The van der Waals surface area contributed by atoms with E-state index < -0.39 is 0 Å². The maximum Gasteiger partial charge on any atom is 0.317 e. The van der Waals surface area contributed by atoms with Gasteiger partial charge in [0.05, 0.1) is 6.10 Å². The number of aliphatic hydroxyl groups is 1. The molecule has 5 nitrogen and oxygen atoms in total. The smallest absolute Gasteiger partial charge is 0.317 e. The Morgan fingerprint density at radius 2 is 1.85 bits per heavy atom. The zero-order valence-electron chi connectivity index (χ0n) is 15.8. The Labute approximate surface area is 161 Å². The predicted molar refractivity (Wildman–Crippen MR) is 106 cm³/mol. The normalized spacial score (nSPS) is 16.1. The average Bonchev–Trinajstić information content (AvgIpc) is 2.73. The highest BCUT2D eigenvalue weighted by molar-refractivity contribution is 5.74. The van der Waals surface area contributed by atoms with Crippen molar-refractivity contribution in [2.24, 2.45) is 5.92 Å². The van der Waals surface area contributed by atoms with Gasteiger partial charge in [0.15, 0.2) is 0 Å². The van der Waals surface area contributed by atoms with Crippen LogP contribution in [0.2, 0.25) is 0 Å². The number of likely N-dealkylation sites (tertiary alicyclic amines) is 1. The molecule has 0 unspecified atom stereocenters. The summed E-state index contributed by atoms with van der Waals surface area (Å²) in [6.45, 7) is 2.04. The molecule has 1 aliphatic heterocycles. The van der Waals surface area contributed by atoms with Crippen molar-refractivity contribution in [2.45, 2.75) is 38.2 Å². The van der Waals surface area contributed by atoms with E-state index in [0.29, 0.717) is 19.6 Å². The molecule has 1 aliphatic rings. The molecule has 0 saturated carbocycles. The van der Waals surface area contributed by atoms with Crippen LogP contribution in [-0.4, -0.2) is 46.8 Å². The number of hydrogen-bond acceptors (Lipinski definition) is 3. The molecule has 1 aromatic heterocycles. The van der Waals surface area contributed by atoms with E-state index in [1.807, 2.05) is 41.4 Å². The minimum atomic E-state index is -0.291. The van der Waals surface area contributed by atoms with Gasteiger partial charge >= 0.3 is 6.03 Å². The van der Waals surface area contributed by atoms with Gasteiger partial charge in [-0.2, -0.15) is 0 Å². The number of nitrogens with zero attached hydrogens (tertiary/aromatic N) is 2. The van der Waals surface area contributed by atoms with Crippen molar-refractivity contribution in [1.29, 1.82) is 0 Å². The SMILES string of the molecule is O=C(NCCc1cccnc1)N1CCC([C@@H](O)CCc2ccccc2)CC1. The number of rotatable bonds is 7. The number of pyridine rings is 1. The van der Waals surface area contributed by atoms with E-state index in [-0.39, 0.29) is 18.1 Å². The number of aliphatic hydroxyl groups excluding tert-OH is 1. The lowest BCUT2D eigenvalue weighted by molar-refractivity contribution is 0.0611. The first-order valence-corrected chi connectivity index (χ1v) is 9.86. The maximum atomic E-state index is 12.3. The van der Waals surface area contributed by atoms with E-state index in [9.17, 15) is 9.90 Å². The molecule has 0 spiro atoms. The van der Waals surface area contributed by atoms with Gasteiger partial charge in [0, 0.05) is 32.0 Å². The Kier molecular flexibility index (Phi) is 7.22. The first-order valence-electron chi connectivity index (χ1n) is 9.86. The van der Waals surface area contributed by atoms with Gasteiger partial charge in [-0.25, -0.2) is 4.79 Å². The van der Waals surface area contributed by atoms with Gasteiger partial charge in [-0.15, -0.1) is 0 Å². The summed E-state index contributed by atoms with van der Waals surface area (Å²) < 4.78 is 0. The number of urea groups is 1. The highest BCUT2D eigenvalue weighted by Crippen LogP contribution is 2.23. The number of hydrogen-bond donors (Lipinski definition) is 2. The van der Waals surface area contributed by atoms with Crippen LogP contribution >= 0.6 is 0 Å². The number of carbonyl (C=O) groups excluding carboxylic acids is 1. The van der Waals surface area contributed by atoms with E-state index in [4.69, 9.17) is 0 Å². The minimum absolute atomic E-state index is 0.00360. The number of carbonyl (C=O) groups is 1. The molecular weight excluding hydrogens is 338 g/mol. The predicted octanol–water partition coefficient (Wildman–Crippen LogP) is 3.04. The molecule has 27 heavy (non-hydrogen) atoms. The van der Waals surface area contributed by atoms with Gasteiger partial charge < -0.3 is 15.3 Å². The molecule has 2 N–H and O–H groups in total. The van der Waals surface area contributed by atoms with Gasteiger partial charge in [-0.1, -0.05) is 36.4 Å². The van der Waals surface area contributed by atoms with Crippen LogP contribution in [0.1, 0.15) is 30.4 Å². The Morgan fingerprint density at radius 3 is 2.56 bits per heavy atom. The molecule has 2 heterocycles. The van der Waals surface area contributed by atoms with Gasteiger partial charge in [-0.3, -0.25) is 4.98 Å². The van der Waals surface area contributed by atoms with Crippen molar-refractivity contribution in [2.75, 3.05) is 19.6 Å². The quantitative estimate of drug-likeness (QED) is 0.790. The first kappa shape index (κ1) is 19.4. The van der Waals surface area contributed by atoms with Crippen molar-refractivity contribution >= 4 is 6.03 Å². The zero-order chi connectivity index (χ0) is 18.9. The van der Waals surface area contributed by atoms with Gasteiger partial charge in [0.2, 0.25) is 0 Å². The average molecular weight is 367 g/mol. The highest BCUT2D eigenvalue weighted by atomic mass is 16.3. The molecule has 0 aliphatic carbocycles.